The van der Waals surface area contributed by atoms with Gasteiger partial charge in [0.05, 0.1) is 11.7 Å². The largest absolute Gasteiger partial charge is 0.309 e. The minimum atomic E-state index is 0.368. The van der Waals surface area contributed by atoms with E-state index in [-0.39, 0.29) is 0 Å². The van der Waals surface area contributed by atoms with Crippen molar-refractivity contribution in [1.82, 2.24) is 10.3 Å². The molecule has 1 rings (SSSR count). The summed E-state index contributed by atoms with van der Waals surface area (Å²) in [4.78, 5) is 4.50. The van der Waals surface area contributed by atoms with Gasteiger partial charge in [-0.15, -0.1) is 0 Å². The fourth-order valence-electron chi connectivity index (χ4n) is 1.81. The van der Waals surface area contributed by atoms with Crippen LogP contribution in [0.3, 0.4) is 0 Å². The molecule has 0 aliphatic carbocycles. The predicted octanol–water partition coefficient (Wildman–Crippen LogP) is 4.32. The van der Waals surface area contributed by atoms with Gasteiger partial charge in [-0.05, 0) is 59.8 Å². The van der Waals surface area contributed by atoms with Crippen molar-refractivity contribution in [3.63, 3.8) is 0 Å². The third-order valence-corrected chi connectivity index (χ3v) is 3.46. The lowest BCUT2D eigenvalue weighted by molar-refractivity contribution is 0.433. The Bertz CT molecular complexity index is 326. The minimum Gasteiger partial charge on any atom is -0.309 e. The van der Waals surface area contributed by atoms with Gasteiger partial charge in [0.25, 0.3) is 0 Å². The second kappa shape index (κ2) is 7.83. The fourth-order valence-corrected chi connectivity index (χ4v) is 2.34. The molecule has 96 valence electrons. The molecule has 17 heavy (non-hydrogen) atoms. The maximum absolute atomic E-state index is 4.50. The average molecular weight is 299 g/mol. The van der Waals surface area contributed by atoms with Crippen LogP contribution in [0, 0.1) is 5.92 Å². The summed E-state index contributed by atoms with van der Waals surface area (Å²) in [5.74, 6) is 0.739. The van der Waals surface area contributed by atoms with Crippen molar-refractivity contribution >= 4 is 15.9 Å². The van der Waals surface area contributed by atoms with Crippen LogP contribution in [0.2, 0.25) is 0 Å². The summed E-state index contributed by atoms with van der Waals surface area (Å²) in [6, 6.07) is 4.40. The van der Waals surface area contributed by atoms with E-state index < -0.39 is 0 Å². The van der Waals surface area contributed by atoms with Crippen molar-refractivity contribution in [3.05, 3.63) is 28.5 Å². The Balaban J connectivity index is 2.71. The monoisotopic (exact) mass is 298 g/mol. The minimum absolute atomic E-state index is 0.368. The van der Waals surface area contributed by atoms with E-state index in [1.165, 1.54) is 6.42 Å². The Labute approximate surface area is 113 Å². The number of pyridine rings is 1. The SMILES string of the molecule is CCCNC(CCC(C)C)c1ncccc1Br. The van der Waals surface area contributed by atoms with Gasteiger partial charge in [-0.1, -0.05) is 20.8 Å². The normalized spacial score (nSPS) is 13.0. The molecule has 0 aliphatic heterocycles. The highest BCUT2D eigenvalue weighted by Gasteiger charge is 2.15. The number of halogens is 1. The van der Waals surface area contributed by atoms with Gasteiger partial charge >= 0.3 is 0 Å². The number of aromatic nitrogens is 1. The number of hydrogen-bond acceptors (Lipinski definition) is 2. The van der Waals surface area contributed by atoms with E-state index in [1.54, 1.807) is 0 Å². The summed E-state index contributed by atoms with van der Waals surface area (Å²) in [5.41, 5.74) is 1.14. The van der Waals surface area contributed by atoms with Gasteiger partial charge < -0.3 is 5.32 Å². The van der Waals surface area contributed by atoms with Gasteiger partial charge in [-0.25, -0.2) is 0 Å². The summed E-state index contributed by atoms with van der Waals surface area (Å²) in [6.45, 7) is 7.78. The molecule has 3 heteroatoms. The molecule has 1 atom stereocenters. The van der Waals surface area contributed by atoms with Crippen LogP contribution in [0.1, 0.15) is 51.8 Å². The number of nitrogens with one attached hydrogen (secondary N) is 1. The molecule has 1 unspecified atom stereocenters. The van der Waals surface area contributed by atoms with Crippen LogP contribution < -0.4 is 5.32 Å². The first-order chi connectivity index (χ1) is 8.15. The Morgan fingerprint density at radius 3 is 2.71 bits per heavy atom. The zero-order valence-electron chi connectivity index (χ0n) is 11.0. The van der Waals surface area contributed by atoms with Gasteiger partial charge in [0.2, 0.25) is 0 Å². The van der Waals surface area contributed by atoms with Crippen LogP contribution in [-0.2, 0) is 0 Å². The molecule has 0 aromatic carbocycles. The molecule has 0 bridgehead atoms. The lowest BCUT2D eigenvalue weighted by Crippen LogP contribution is -2.23. The van der Waals surface area contributed by atoms with Gasteiger partial charge in [0.1, 0.15) is 0 Å². The molecule has 0 saturated carbocycles. The lowest BCUT2D eigenvalue weighted by atomic mass is 10.0. The van der Waals surface area contributed by atoms with Crippen molar-refractivity contribution in [1.29, 1.82) is 0 Å². The van der Waals surface area contributed by atoms with E-state index in [2.05, 4.69) is 53.1 Å². The van der Waals surface area contributed by atoms with Crippen LogP contribution >= 0.6 is 15.9 Å². The summed E-state index contributed by atoms with van der Waals surface area (Å²) < 4.78 is 1.11. The van der Waals surface area contributed by atoms with Gasteiger partial charge in [0.15, 0.2) is 0 Å². The summed E-state index contributed by atoms with van der Waals surface area (Å²) in [6.07, 6.45) is 5.40. The first-order valence-corrected chi connectivity index (χ1v) is 7.28. The highest BCUT2D eigenvalue weighted by Crippen LogP contribution is 2.25. The zero-order valence-corrected chi connectivity index (χ0v) is 12.6. The second-order valence-corrected chi connectivity index (χ2v) is 5.70. The molecule has 0 spiro atoms. The molecule has 0 aliphatic rings. The summed E-state index contributed by atoms with van der Waals surface area (Å²) in [7, 11) is 0. The maximum atomic E-state index is 4.50. The Hall–Kier alpha value is -0.410. The van der Waals surface area contributed by atoms with Crippen molar-refractivity contribution in [2.24, 2.45) is 5.92 Å². The molecular formula is C14H23BrN2. The van der Waals surface area contributed by atoms with Gasteiger partial charge in [-0.3, -0.25) is 4.98 Å². The fraction of sp³-hybridized carbons (Fsp3) is 0.643. The van der Waals surface area contributed by atoms with Crippen LogP contribution in [0.5, 0.6) is 0 Å². The first-order valence-electron chi connectivity index (χ1n) is 6.49. The zero-order chi connectivity index (χ0) is 12.7. The van der Waals surface area contributed by atoms with Crippen molar-refractivity contribution in [3.8, 4) is 0 Å². The molecular weight excluding hydrogens is 276 g/mol. The van der Waals surface area contributed by atoms with Gasteiger partial charge in [-0.2, -0.15) is 0 Å². The Morgan fingerprint density at radius 2 is 2.12 bits per heavy atom. The van der Waals surface area contributed by atoms with Crippen LogP contribution in [-0.4, -0.2) is 11.5 Å². The van der Waals surface area contributed by atoms with Crippen molar-refractivity contribution in [2.75, 3.05) is 6.54 Å². The molecule has 0 radical (unpaired) electrons. The van der Waals surface area contributed by atoms with E-state index >= 15 is 0 Å². The molecule has 1 aromatic heterocycles. The number of rotatable bonds is 7. The lowest BCUT2D eigenvalue weighted by Gasteiger charge is -2.20. The molecule has 1 N–H and O–H groups in total. The maximum Gasteiger partial charge on any atom is 0.0714 e. The van der Waals surface area contributed by atoms with E-state index in [9.17, 15) is 0 Å². The van der Waals surface area contributed by atoms with E-state index in [0.717, 1.165) is 35.5 Å². The predicted molar refractivity (Wildman–Crippen MR) is 77.0 cm³/mol. The molecule has 0 fully saturated rings. The highest BCUT2D eigenvalue weighted by molar-refractivity contribution is 9.10. The van der Waals surface area contributed by atoms with E-state index in [4.69, 9.17) is 0 Å². The number of nitrogens with zero attached hydrogens (tertiary/aromatic N) is 1. The van der Waals surface area contributed by atoms with Crippen LogP contribution in [0.15, 0.2) is 22.8 Å². The molecule has 0 amide bonds. The van der Waals surface area contributed by atoms with Crippen LogP contribution in [0.4, 0.5) is 0 Å². The topological polar surface area (TPSA) is 24.9 Å². The van der Waals surface area contributed by atoms with Crippen molar-refractivity contribution in [2.45, 2.75) is 46.1 Å². The quantitative estimate of drug-likeness (QED) is 0.811. The van der Waals surface area contributed by atoms with E-state index in [0.29, 0.717) is 6.04 Å². The van der Waals surface area contributed by atoms with Gasteiger partial charge in [0, 0.05) is 10.7 Å². The van der Waals surface area contributed by atoms with E-state index in [1.807, 2.05) is 12.3 Å². The summed E-state index contributed by atoms with van der Waals surface area (Å²) in [5, 5.41) is 3.59. The third-order valence-electron chi connectivity index (χ3n) is 2.79. The Kier molecular flexibility index (Phi) is 6.75. The molecule has 1 heterocycles. The molecule has 0 saturated heterocycles. The number of hydrogen-bond donors (Lipinski definition) is 1. The molecule has 1 aromatic rings. The average Bonchev–Trinajstić information content (AvgIpc) is 2.30. The van der Waals surface area contributed by atoms with Crippen LogP contribution in [0.25, 0.3) is 0 Å². The third kappa shape index (κ3) is 5.17. The smallest absolute Gasteiger partial charge is 0.0714 e. The standard InChI is InChI=1S/C14H23BrN2/c1-4-9-16-13(8-7-11(2)3)14-12(15)6-5-10-17-14/h5-6,10-11,13,16H,4,7-9H2,1-3H3. The van der Waals surface area contributed by atoms with Crippen molar-refractivity contribution < 1.29 is 0 Å². The summed E-state index contributed by atoms with van der Waals surface area (Å²) >= 11 is 3.59. The Morgan fingerprint density at radius 1 is 1.35 bits per heavy atom. The highest BCUT2D eigenvalue weighted by atomic mass is 79.9. The first kappa shape index (κ1) is 14.7. The second-order valence-electron chi connectivity index (χ2n) is 4.85. The molecule has 2 nitrogen and oxygen atoms in total.